The molecule has 11 heteroatoms. The number of hydrogen-bond acceptors (Lipinski definition) is 11. The standard InChI is InChI=1S/C30H38N4O7/c31-29(27(19-39-27)21-7-3-1-4-8-21,33(11-23-15-35-23)12-24-16-36-24)41-30(32,28(20-40-28)22-9-5-2-6-10-22)34(13-25-17-37-25)14-26-18-38-26/h1-10,23-26H,11-20,31-32H2. The molecule has 6 aliphatic rings. The van der Waals surface area contributed by atoms with Gasteiger partial charge in [0, 0.05) is 26.2 Å². The van der Waals surface area contributed by atoms with Gasteiger partial charge in [-0.3, -0.25) is 21.3 Å². The van der Waals surface area contributed by atoms with Crippen LogP contribution in [0, 0.1) is 0 Å². The van der Waals surface area contributed by atoms with Gasteiger partial charge in [-0.1, -0.05) is 60.7 Å². The second-order valence-electron chi connectivity index (χ2n) is 12.1. The van der Waals surface area contributed by atoms with Crippen molar-refractivity contribution in [3.05, 3.63) is 71.8 Å². The first kappa shape index (κ1) is 26.6. The van der Waals surface area contributed by atoms with Gasteiger partial charge in [-0.15, -0.1) is 0 Å². The molecule has 0 radical (unpaired) electrons. The van der Waals surface area contributed by atoms with Crippen LogP contribution in [-0.2, 0) is 44.4 Å². The molecular formula is C30H38N4O7. The first-order valence-corrected chi connectivity index (χ1v) is 14.6. The number of nitrogens with two attached hydrogens (primary N) is 2. The van der Waals surface area contributed by atoms with Crippen molar-refractivity contribution in [3.63, 3.8) is 0 Å². The van der Waals surface area contributed by atoms with Crippen molar-refractivity contribution in [1.82, 2.24) is 9.80 Å². The number of benzene rings is 2. The minimum absolute atomic E-state index is 0.0510. The second-order valence-corrected chi connectivity index (χ2v) is 12.1. The van der Waals surface area contributed by atoms with Gasteiger partial charge in [0.25, 0.3) is 0 Å². The van der Waals surface area contributed by atoms with Gasteiger partial charge in [0.05, 0.1) is 64.1 Å². The Morgan fingerprint density at radius 3 is 1.15 bits per heavy atom. The quantitative estimate of drug-likeness (QED) is 0.214. The predicted molar refractivity (Wildman–Crippen MR) is 145 cm³/mol. The van der Waals surface area contributed by atoms with Crippen LogP contribution in [0.4, 0.5) is 0 Å². The van der Waals surface area contributed by atoms with Crippen molar-refractivity contribution in [2.45, 2.75) is 47.3 Å². The van der Waals surface area contributed by atoms with Crippen molar-refractivity contribution in [2.75, 3.05) is 65.8 Å². The first-order chi connectivity index (χ1) is 19.9. The zero-order valence-electron chi connectivity index (χ0n) is 23.1. The summed E-state index contributed by atoms with van der Waals surface area (Å²) in [6.45, 7) is 5.68. The molecule has 0 aromatic heterocycles. The SMILES string of the molecule is NC(OC(N)(N(CC1CO1)CC1CO1)C1(c2ccccc2)CO1)(N(CC1CO1)CC1CO1)C1(c2ccccc2)CO1. The van der Waals surface area contributed by atoms with Gasteiger partial charge in [0.1, 0.15) is 0 Å². The summed E-state index contributed by atoms with van der Waals surface area (Å²) in [7, 11) is 0. The van der Waals surface area contributed by atoms with Gasteiger partial charge in [0.2, 0.25) is 11.7 Å². The molecule has 8 unspecified atom stereocenters. The summed E-state index contributed by atoms with van der Waals surface area (Å²) < 4.78 is 42.8. The zero-order chi connectivity index (χ0) is 27.7. The summed E-state index contributed by atoms with van der Waals surface area (Å²) in [5, 5.41) is 0. The summed E-state index contributed by atoms with van der Waals surface area (Å²) in [6.07, 6.45) is 0.204. The monoisotopic (exact) mass is 566 g/mol. The Kier molecular flexibility index (Phi) is 6.34. The van der Waals surface area contributed by atoms with Crippen LogP contribution in [0.3, 0.4) is 0 Å². The van der Waals surface area contributed by atoms with Crippen LogP contribution in [0.25, 0.3) is 0 Å². The molecule has 8 atom stereocenters. The van der Waals surface area contributed by atoms with Gasteiger partial charge in [0.15, 0.2) is 11.2 Å². The lowest BCUT2D eigenvalue weighted by Crippen LogP contribution is -2.77. The van der Waals surface area contributed by atoms with E-state index in [-0.39, 0.29) is 24.4 Å². The van der Waals surface area contributed by atoms with E-state index in [1.807, 2.05) is 60.7 Å². The molecule has 0 amide bonds. The Hall–Kier alpha value is -2.00. The summed E-state index contributed by atoms with van der Waals surface area (Å²) in [5.41, 5.74) is 15.2. The molecule has 6 aliphatic heterocycles. The minimum Gasteiger partial charge on any atom is -0.372 e. The van der Waals surface area contributed by atoms with E-state index in [1.54, 1.807) is 0 Å². The Balaban J connectivity index is 1.25. The molecule has 4 N–H and O–H groups in total. The summed E-state index contributed by atoms with van der Waals surface area (Å²) in [5.74, 6) is -3.00. The Morgan fingerprint density at radius 1 is 0.610 bits per heavy atom. The number of ether oxygens (including phenoxy) is 7. The third-order valence-electron chi connectivity index (χ3n) is 9.06. The molecule has 11 nitrogen and oxygen atoms in total. The topological polar surface area (TPSA) is 143 Å². The smallest absolute Gasteiger partial charge is 0.214 e. The normalized spacial score (nSPS) is 37.4. The molecule has 2 aromatic rings. The zero-order valence-corrected chi connectivity index (χ0v) is 23.1. The van der Waals surface area contributed by atoms with Crippen LogP contribution in [0.2, 0.25) is 0 Å². The van der Waals surface area contributed by atoms with E-state index in [4.69, 9.17) is 44.6 Å². The van der Waals surface area contributed by atoms with Gasteiger partial charge in [-0.2, -0.15) is 0 Å². The third-order valence-corrected chi connectivity index (χ3v) is 9.06. The second kappa shape index (κ2) is 9.76. The molecular weight excluding hydrogens is 528 g/mol. The molecule has 0 aliphatic carbocycles. The van der Waals surface area contributed by atoms with E-state index in [0.29, 0.717) is 65.8 Å². The number of rotatable bonds is 16. The van der Waals surface area contributed by atoms with Crippen LogP contribution >= 0.6 is 0 Å². The van der Waals surface area contributed by atoms with Crippen molar-refractivity contribution in [2.24, 2.45) is 11.5 Å². The van der Waals surface area contributed by atoms with E-state index in [1.165, 1.54) is 0 Å². The summed E-state index contributed by atoms with van der Waals surface area (Å²) >= 11 is 0. The lowest BCUT2D eigenvalue weighted by molar-refractivity contribution is -0.322. The molecule has 0 spiro atoms. The van der Waals surface area contributed by atoms with E-state index >= 15 is 0 Å². The Morgan fingerprint density at radius 2 is 0.902 bits per heavy atom. The largest absolute Gasteiger partial charge is 0.372 e. The molecule has 2 aromatic carbocycles. The van der Waals surface area contributed by atoms with Gasteiger partial charge in [-0.25, -0.2) is 0 Å². The third kappa shape index (κ3) is 4.92. The fourth-order valence-corrected chi connectivity index (χ4v) is 6.13. The highest BCUT2D eigenvalue weighted by Crippen LogP contribution is 2.56. The summed E-state index contributed by atoms with van der Waals surface area (Å²) in [4.78, 5) is 4.23. The van der Waals surface area contributed by atoms with Crippen molar-refractivity contribution < 1.29 is 33.2 Å². The van der Waals surface area contributed by atoms with Crippen LogP contribution in [0.1, 0.15) is 11.1 Å². The first-order valence-electron chi connectivity index (χ1n) is 14.6. The van der Waals surface area contributed by atoms with Crippen molar-refractivity contribution in [1.29, 1.82) is 0 Å². The minimum atomic E-state index is -1.50. The molecule has 0 bridgehead atoms. The van der Waals surface area contributed by atoms with Crippen LogP contribution in [0.5, 0.6) is 0 Å². The Bertz CT molecular complexity index is 1110. The highest BCUT2D eigenvalue weighted by molar-refractivity contribution is 5.34. The molecule has 6 fully saturated rings. The van der Waals surface area contributed by atoms with E-state index < -0.39 is 22.9 Å². The number of hydrogen-bond donors (Lipinski definition) is 2. The molecule has 8 rings (SSSR count). The van der Waals surface area contributed by atoms with Gasteiger partial charge >= 0.3 is 0 Å². The van der Waals surface area contributed by atoms with Gasteiger partial charge in [-0.05, 0) is 11.1 Å². The molecule has 6 heterocycles. The maximum absolute atomic E-state index is 7.63. The average Bonchev–Trinajstić information content (AvgIpc) is 3.78. The lowest BCUT2D eigenvalue weighted by Gasteiger charge is -2.53. The molecule has 220 valence electrons. The highest BCUT2D eigenvalue weighted by atomic mass is 16.7. The van der Waals surface area contributed by atoms with E-state index in [9.17, 15) is 0 Å². The fraction of sp³-hybridized carbons (Fsp3) is 0.600. The van der Waals surface area contributed by atoms with Gasteiger partial charge < -0.3 is 33.2 Å². The molecule has 6 saturated heterocycles. The average molecular weight is 567 g/mol. The van der Waals surface area contributed by atoms with Crippen molar-refractivity contribution >= 4 is 0 Å². The van der Waals surface area contributed by atoms with Crippen molar-refractivity contribution in [3.8, 4) is 0 Å². The van der Waals surface area contributed by atoms with E-state index in [0.717, 1.165) is 11.1 Å². The maximum atomic E-state index is 7.63. The highest BCUT2D eigenvalue weighted by Gasteiger charge is 2.73. The molecule has 0 saturated carbocycles. The molecule has 41 heavy (non-hydrogen) atoms. The summed E-state index contributed by atoms with van der Waals surface area (Å²) in [6, 6.07) is 20.0. The lowest BCUT2D eigenvalue weighted by atomic mass is 9.89. The van der Waals surface area contributed by atoms with Crippen LogP contribution in [-0.4, -0.2) is 112 Å². The predicted octanol–water partition coefficient (Wildman–Crippen LogP) is 0.279. The number of epoxide rings is 6. The fourth-order valence-electron chi connectivity index (χ4n) is 6.13. The van der Waals surface area contributed by atoms with E-state index in [2.05, 4.69) is 9.80 Å². The number of nitrogens with zero attached hydrogens (tertiary/aromatic N) is 2. The Labute approximate surface area is 239 Å². The van der Waals surface area contributed by atoms with Crippen LogP contribution < -0.4 is 11.5 Å². The maximum Gasteiger partial charge on any atom is 0.214 e. The van der Waals surface area contributed by atoms with Crippen LogP contribution in [0.15, 0.2) is 60.7 Å².